The lowest BCUT2D eigenvalue weighted by Gasteiger charge is -2.08. The van der Waals surface area contributed by atoms with Crippen LogP contribution in [0.15, 0.2) is 84.9 Å². The second-order valence-electron chi connectivity index (χ2n) is 6.28. The molecule has 0 N–H and O–H groups in total. The van der Waals surface area contributed by atoms with E-state index < -0.39 is 0 Å². The fourth-order valence-corrected chi connectivity index (χ4v) is 3.24. The molecule has 132 valence electrons. The maximum Gasteiger partial charge on any atom is 0.280 e. The summed E-state index contributed by atoms with van der Waals surface area (Å²) in [5.74, 6) is 0.471. The Morgan fingerprint density at radius 3 is 2.11 bits per heavy atom. The highest BCUT2D eigenvalue weighted by molar-refractivity contribution is 5.87. The van der Waals surface area contributed by atoms with E-state index >= 15 is 0 Å². The number of nitrogens with zero attached hydrogens (tertiary/aromatic N) is 1. The quantitative estimate of drug-likeness (QED) is 0.329. The van der Waals surface area contributed by atoms with Gasteiger partial charge in [0.2, 0.25) is 0 Å². The van der Waals surface area contributed by atoms with Gasteiger partial charge in [-0.05, 0) is 45.7 Å². The molecule has 4 rings (SSSR count). The summed E-state index contributed by atoms with van der Waals surface area (Å²) in [6, 6.07) is 27.3. The summed E-state index contributed by atoms with van der Waals surface area (Å²) < 4.78 is 5.10. The van der Waals surface area contributed by atoms with Gasteiger partial charge in [0.25, 0.3) is 5.69 Å². The smallest absolute Gasteiger partial charge is 0.280 e. The molecule has 0 aromatic heterocycles. The molecule has 0 saturated carbocycles. The maximum atomic E-state index is 11.4. The van der Waals surface area contributed by atoms with Gasteiger partial charge in [0, 0.05) is 0 Å². The van der Waals surface area contributed by atoms with Gasteiger partial charge in [-0.3, -0.25) is 10.1 Å². The van der Waals surface area contributed by atoms with Crippen LogP contribution in [0.1, 0.15) is 0 Å². The SMILES string of the molecule is COc1ccc(-c2ccc(-c3ccc4ccccc4c3)cc2)c([N+](=O)[O-])c1. The van der Waals surface area contributed by atoms with Crippen molar-refractivity contribution in [3.05, 3.63) is 95.0 Å². The third-order valence-corrected chi connectivity index (χ3v) is 4.68. The maximum absolute atomic E-state index is 11.4. The van der Waals surface area contributed by atoms with Crippen molar-refractivity contribution in [2.45, 2.75) is 0 Å². The monoisotopic (exact) mass is 355 g/mol. The van der Waals surface area contributed by atoms with Crippen LogP contribution in [0, 0.1) is 10.1 Å². The second kappa shape index (κ2) is 6.92. The number of hydrogen-bond donors (Lipinski definition) is 0. The van der Waals surface area contributed by atoms with Crippen LogP contribution in [0.5, 0.6) is 5.75 Å². The first-order valence-corrected chi connectivity index (χ1v) is 8.58. The van der Waals surface area contributed by atoms with Crippen LogP contribution in [0.3, 0.4) is 0 Å². The van der Waals surface area contributed by atoms with E-state index in [-0.39, 0.29) is 10.6 Å². The molecular formula is C23H17NO3. The van der Waals surface area contributed by atoms with Gasteiger partial charge < -0.3 is 4.74 Å². The summed E-state index contributed by atoms with van der Waals surface area (Å²) in [5.41, 5.74) is 3.60. The molecule has 0 aliphatic heterocycles. The molecule has 0 aliphatic rings. The summed E-state index contributed by atoms with van der Waals surface area (Å²) in [4.78, 5) is 11.0. The average molecular weight is 355 g/mol. The molecule has 0 aliphatic carbocycles. The molecular weight excluding hydrogens is 338 g/mol. The number of fused-ring (bicyclic) bond motifs is 1. The van der Waals surface area contributed by atoms with Gasteiger partial charge in [0.05, 0.1) is 23.7 Å². The summed E-state index contributed by atoms with van der Waals surface area (Å²) in [6.07, 6.45) is 0. The Morgan fingerprint density at radius 2 is 1.41 bits per heavy atom. The normalized spacial score (nSPS) is 10.7. The Hall–Kier alpha value is -3.66. The molecule has 0 unspecified atom stereocenters. The van der Waals surface area contributed by atoms with Crippen LogP contribution < -0.4 is 4.74 Å². The van der Waals surface area contributed by atoms with Crippen molar-refractivity contribution in [1.29, 1.82) is 0 Å². The van der Waals surface area contributed by atoms with E-state index in [9.17, 15) is 10.1 Å². The van der Waals surface area contributed by atoms with Gasteiger partial charge in [-0.25, -0.2) is 0 Å². The van der Waals surface area contributed by atoms with Crippen molar-refractivity contribution < 1.29 is 9.66 Å². The first-order valence-electron chi connectivity index (χ1n) is 8.58. The van der Waals surface area contributed by atoms with Gasteiger partial charge in [-0.1, -0.05) is 60.7 Å². The number of hydrogen-bond acceptors (Lipinski definition) is 3. The predicted molar refractivity (Wildman–Crippen MR) is 108 cm³/mol. The van der Waals surface area contributed by atoms with E-state index in [0.717, 1.165) is 16.7 Å². The van der Waals surface area contributed by atoms with E-state index in [2.05, 4.69) is 30.3 Å². The van der Waals surface area contributed by atoms with Crippen molar-refractivity contribution in [2.75, 3.05) is 7.11 Å². The second-order valence-corrected chi connectivity index (χ2v) is 6.28. The number of ether oxygens (including phenoxy) is 1. The van der Waals surface area contributed by atoms with Crippen molar-refractivity contribution in [1.82, 2.24) is 0 Å². The molecule has 4 heteroatoms. The van der Waals surface area contributed by atoms with Crippen LogP contribution >= 0.6 is 0 Å². The molecule has 27 heavy (non-hydrogen) atoms. The van der Waals surface area contributed by atoms with Crippen LogP contribution in [-0.4, -0.2) is 12.0 Å². The van der Waals surface area contributed by atoms with Crippen molar-refractivity contribution >= 4 is 16.5 Å². The largest absolute Gasteiger partial charge is 0.497 e. The zero-order valence-electron chi connectivity index (χ0n) is 14.8. The molecule has 0 atom stereocenters. The number of benzene rings is 4. The summed E-state index contributed by atoms with van der Waals surface area (Å²) in [5, 5.41) is 13.8. The number of nitro groups is 1. The lowest BCUT2D eigenvalue weighted by Crippen LogP contribution is -1.93. The Labute approximate surface area is 156 Å². The van der Waals surface area contributed by atoms with Gasteiger partial charge in [0.1, 0.15) is 5.75 Å². The number of nitro benzene ring substituents is 1. The molecule has 0 amide bonds. The van der Waals surface area contributed by atoms with Crippen LogP contribution in [-0.2, 0) is 0 Å². The Balaban J connectivity index is 1.72. The van der Waals surface area contributed by atoms with Crippen LogP contribution in [0.25, 0.3) is 33.0 Å². The van der Waals surface area contributed by atoms with Crippen LogP contribution in [0.4, 0.5) is 5.69 Å². The fraction of sp³-hybridized carbons (Fsp3) is 0.0435. The van der Waals surface area contributed by atoms with Gasteiger partial charge in [0.15, 0.2) is 0 Å². The third kappa shape index (κ3) is 3.25. The molecule has 4 aromatic carbocycles. The minimum Gasteiger partial charge on any atom is -0.497 e. The Bertz CT molecular complexity index is 1130. The molecule has 0 bridgehead atoms. The standard InChI is InChI=1S/C23H17NO3/c1-27-21-12-13-22(23(15-21)24(25)26)18-9-6-17(7-10-18)20-11-8-16-4-2-3-5-19(16)14-20/h2-15H,1H3. The van der Waals surface area contributed by atoms with Gasteiger partial charge in [-0.15, -0.1) is 0 Å². The molecule has 4 nitrogen and oxygen atoms in total. The van der Waals surface area contributed by atoms with Gasteiger partial charge in [-0.2, -0.15) is 0 Å². The highest BCUT2D eigenvalue weighted by atomic mass is 16.6. The van der Waals surface area contributed by atoms with Crippen molar-refractivity contribution in [2.24, 2.45) is 0 Å². The summed E-state index contributed by atoms with van der Waals surface area (Å²) >= 11 is 0. The Morgan fingerprint density at radius 1 is 0.741 bits per heavy atom. The molecule has 4 aromatic rings. The summed E-state index contributed by atoms with van der Waals surface area (Å²) in [7, 11) is 1.50. The lowest BCUT2D eigenvalue weighted by atomic mass is 9.97. The van der Waals surface area contributed by atoms with Crippen LogP contribution in [0.2, 0.25) is 0 Å². The van der Waals surface area contributed by atoms with E-state index in [0.29, 0.717) is 11.3 Å². The minimum atomic E-state index is -0.380. The number of methoxy groups -OCH3 is 1. The fourth-order valence-electron chi connectivity index (χ4n) is 3.24. The van der Waals surface area contributed by atoms with E-state index in [1.807, 2.05) is 36.4 Å². The first-order chi connectivity index (χ1) is 13.2. The topological polar surface area (TPSA) is 52.4 Å². The predicted octanol–water partition coefficient (Wildman–Crippen LogP) is 6.09. The highest BCUT2D eigenvalue weighted by Crippen LogP contribution is 2.34. The van der Waals surface area contributed by atoms with E-state index in [1.165, 1.54) is 23.9 Å². The first kappa shape index (κ1) is 16.8. The molecule has 0 saturated heterocycles. The Kier molecular flexibility index (Phi) is 4.30. The third-order valence-electron chi connectivity index (χ3n) is 4.68. The van der Waals surface area contributed by atoms with Crippen molar-refractivity contribution in [3.8, 4) is 28.0 Å². The average Bonchev–Trinajstić information content (AvgIpc) is 2.73. The minimum absolute atomic E-state index is 0.0350. The van der Waals surface area contributed by atoms with Gasteiger partial charge >= 0.3 is 0 Å². The summed E-state index contributed by atoms with van der Waals surface area (Å²) in [6.45, 7) is 0. The molecule has 0 spiro atoms. The zero-order valence-corrected chi connectivity index (χ0v) is 14.8. The molecule has 0 radical (unpaired) electrons. The molecule has 0 fully saturated rings. The number of rotatable bonds is 4. The van der Waals surface area contributed by atoms with Crippen molar-refractivity contribution in [3.63, 3.8) is 0 Å². The zero-order chi connectivity index (χ0) is 18.8. The van der Waals surface area contributed by atoms with E-state index in [1.54, 1.807) is 12.1 Å². The highest BCUT2D eigenvalue weighted by Gasteiger charge is 2.16. The van der Waals surface area contributed by atoms with E-state index in [4.69, 9.17) is 4.74 Å². The molecule has 0 heterocycles. The lowest BCUT2D eigenvalue weighted by molar-refractivity contribution is -0.384.